The smallest absolute Gasteiger partial charge is 0.107 e. The minimum Gasteiger partial charge on any atom is -0.349 e. The van der Waals surface area contributed by atoms with E-state index in [9.17, 15) is 0 Å². The number of H-pyrrole nitrogens is 1. The number of hydrogen-bond acceptors (Lipinski definition) is 2. The first-order chi connectivity index (χ1) is 9.83. The first-order valence-electron chi connectivity index (χ1n) is 7.66. The lowest BCUT2D eigenvalue weighted by molar-refractivity contribution is 0.569. The molecule has 0 spiro atoms. The van der Waals surface area contributed by atoms with E-state index in [0.717, 1.165) is 18.8 Å². The Morgan fingerprint density at radius 2 is 2.10 bits per heavy atom. The Labute approximate surface area is 120 Å². The maximum Gasteiger partial charge on any atom is 0.107 e. The van der Waals surface area contributed by atoms with E-state index in [2.05, 4.69) is 40.4 Å². The van der Waals surface area contributed by atoms with Crippen LogP contribution in [0.1, 0.15) is 48.3 Å². The van der Waals surface area contributed by atoms with Crippen LogP contribution < -0.4 is 5.32 Å². The van der Waals surface area contributed by atoms with Crippen LogP contribution in [0.15, 0.2) is 30.6 Å². The fourth-order valence-corrected chi connectivity index (χ4v) is 2.98. The SMILES string of the molecule is CC(NCCc1ncc[nH]1)c1ccc2c(c1)CCCC2. The standard InChI is InChI=1S/C17H23N3/c1-13(18-9-8-17-19-10-11-20-17)15-7-6-14-4-2-3-5-16(14)12-15/h6-7,10-13,18H,2-5,8-9H2,1H3,(H,19,20). The van der Waals surface area contributed by atoms with Gasteiger partial charge in [0.15, 0.2) is 0 Å². The third kappa shape index (κ3) is 3.10. The normalized spacial score (nSPS) is 15.8. The van der Waals surface area contributed by atoms with Crippen LogP contribution in [0.2, 0.25) is 0 Å². The minimum absolute atomic E-state index is 0.400. The van der Waals surface area contributed by atoms with Gasteiger partial charge in [-0.15, -0.1) is 0 Å². The number of imidazole rings is 1. The summed E-state index contributed by atoms with van der Waals surface area (Å²) in [6.45, 7) is 3.19. The van der Waals surface area contributed by atoms with Crippen LogP contribution in [0.4, 0.5) is 0 Å². The Morgan fingerprint density at radius 3 is 2.90 bits per heavy atom. The molecule has 1 aliphatic rings. The van der Waals surface area contributed by atoms with Crippen LogP contribution in [0.25, 0.3) is 0 Å². The minimum atomic E-state index is 0.400. The maximum atomic E-state index is 4.25. The number of nitrogens with one attached hydrogen (secondary N) is 2. The van der Waals surface area contributed by atoms with Gasteiger partial charge < -0.3 is 10.3 Å². The highest BCUT2D eigenvalue weighted by molar-refractivity contribution is 5.35. The summed E-state index contributed by atoms with van der Waals surface area (Å²) in [5.41, 5.74) is 4.53. The second-order valence-electron chi connectivity index (χ2n) is 5.70. The monoisotopic (exact) mass is 269 g/mol. The molecule has 0 radical (unpaired) electrons. The maximum absolute atomic E-state index is 4.25. The molecule has 0 saturated carbocycles. The summed E-state index contributed by atoms with van der Waals surface area (Å²) in [6.07, 6.45) is 9.84. The van der Waals surface area contributed by atoms with E-state index in [1.807, 2.05) is 12.4 Å². The molecule has 0 saturated heterocycles. The molecule has 106 valence electrons. The zero-order valence-electron chi connectivity index (χ0n) is 12.2. The van der Waals surface area contributed by atoms with Gasteiger partial charge in [0, 0.05) is 31.4 Å². The van der Waals surface area contributed by atoms with Gasteiger partial charge in [-0.05, 0) is 49.3 Å². The zero-order chi connectivity index (χ0) is 13.8. The molecule has 3 rings (SSSR count). The van der Waals surface area contributed by atoms with Gasteiger partial charge in [0.25, 0.3) is 0 Å². The van der Waals surface area contributed by atoms with Crippen molar-refractivity contribution in [2.75, 3.05) is 6.54 Å². The summed E-state index contributed by atoms with van der Waals surface area (Å²) in [6, 6.07) is 7.42. The third-order valence-corrected chi connectivity index (χ3v) is 4.24. The highest BCUT2D eigenvalue weighted by Gasteiger charge is 2.12. The van der Waals surface area contributed by atoms with E-state index in [1.54, 1.807) is 11.1 Å². The molecule has 3 heteroatoms. The van der Waals surface area contributed by atoms with Crippen molar-refractivity contribution in [1.82, 2.24) is 15.3 Å². The van der Waals surface area contributed by atoms with Crippen LogP contribution in [0.3, 0.4) is 0 Å². The summed E-state index contributed by atoms with van der Waals surface area (Å²) in [5, 5.41) is 3.58. The van der Waals surface area contributed by atoms with E-state index in [4.69, 9.17) is 0 Å². The number of nitrogens with zero attached hydrogens (tertiary/aromatic N) is 1. The largest absolute Gasteiger partial charge is 0.349 e. The lowest BCUT2D eigenvalue weighted by Crippen LogP contribution is -2.22. The summed E-state index contributed by atoms with van der Waals surface area (Å²) >= 11 is 0. The zero-order valence-corrected chi connectivity index (χ0v) is 12.2. The lowest BCUT2D eigenvalue weighted by atomic mass is 9.89. The second kappa shape index (κ2) is 6.23. The Kier molecular flexibility index (Phi) is 4.16. The first-order valence-corrected chi connectivity index (χ1v) is 7.66. The van der Waals surface area contributed by atoms with Crippen molar-refractivity contribution in [3.05, 3.63) is 53.1 Å². The van der Waals surface area contributed by atoms with Gasteiger partial charge in [0.2, 0.25) is 0 Å². The Balaban J connectivity index is 1.57. The average molecular weight is 269 g/mol. The molecular weight excluding hydrogens is 246 g/mol. The van der Waals surface area contributed by atoms with Gasteiger partial charge in [-0.2, -0.15) is 0 Å². The van der Waals surface area contributed by atoms with Crippen molar-refractivity contribution in [3.63, 3.8) is 0 Å². The number of aromatic amines is 1. The highest BCUT2D eigenvalue weighted by atomic mass is 14.9. The lowest BCUT2D eigenvalue weighted by Gasteiger charge is -2.20. The van der Waals surface area contributed by atoms with Crippen LogP contribution in [0.5, 0.6) is 0 Å². The molecule has 2 N–H and O–H groups in total. The molecule has 20 heavy (non-hydrogen) atoms. The van der Waals surface area contributed by atoms with Crippen LogP contribution in [-0.4, -0.2) is 16.5 Å². The Morgan fingerprint density at radius 1 is 1.25 bits per heavy atom. The van der Waals surface area contributed by atoms with Crippen molar-refractivity contribution in [2.45, 2.75) is 45.1 Å². The first kappa shape index (κ1) is 13.4. The Bertz CT molecular complexity index is 545. The number of hydrogen-bond donors (Lipinski definition) is 2. The topological polar surface area (TPSA) is 40.7 Å². The van der Waals surface area contributed by atoms with Crippen molar-refractivity contribution in [1.29, 1.82) is 0 Å². The molecule has 0 bridgehead atoms. The number of rotatable bonds is 5. The Hall–Kier alpha value is -1.61. The molecular formula is C17H23N3. The molecule has 0 fully saturated rings. The molecule has 0 aliphatic heterocycles. The van der Waals surface area contributed by atoms with E-state index >= 15 is 0 Å². The predicted octanol–water partition coefficient (Wildman–Crippen LogP) is 3.18. The molecule has 2 aromatic rings. The van der Waals surface area contributed by atoms with Gasteiger partial charge in [0.1, 0.15) is 5.82 Å². The van der Waals surface area contributed by atoms with E-state index in [0.29, 0.717) is 6.04 Å². The van der Waals surface area contributed by atoms with Gasteiger partial charge >= 0.3 is 0 Å². The molecule has 1 atom stereocenters. The fraction of sp³-hybridized carbons (Fsp3) is 0.471. The highest BCUT2D eigenvalue weighted by Crippen LogP contribution is 2.24. The summed E-state index contributed by atoms with van der Waals surface area (Å²) in [5.74, 6) is 1.05. The van der Waals surface area contributed by atoms with Crippen molar-refractivity contribution in [3.8, 4) is 0 Å². The van der Waals surface area contributed by atoms with Crippen LogP contribution >= 0.6 is 0 Å². The van der Waals surface area contributed by atoms with Crippen molar-refractivity contribution in [2.24, 2.45) is 0 Å². The van der Waals surface area contributed by atoms with Gasteiger partial charge in [-0.1, -0.05) is 18.2 Å². The molecule has 1 aliphatic carbocycles. The van der Waals surface area contributed by atoms with Crippen LogP contribution in [0, 0.1) is 0 Å². The quantitative estimate of drug-likeness (QED) is 0.875. The molecule has 0 amide bonds. The van der Waals surface area contributed by atoms with Gasteiger partial charge in [-0.25, -0.2) is 4.98 Å². The molecule has 1 aromatic carbocycles. The summed E-state index contributed by atoms with van der Waals surface area (Å²) in [7, 11) is 0. The van der Waals surface area contributed by atoms with E-state index in [1.165, 1.54) is 31.2 Å². The summed E-state index contributed by atoms with van der Waals surface area (Å²) in [4.78, 5) is 7.39. The van der Waals surface area contributed by atoms with Crippen LogP contribution in [-0.2, 0) is 19.3 Å². The number of benzene rings is 1. The van der Waals surface area contributed by atoms with E-state index < -0.39 is 0 Å². The second-order valence-corrected chi connectivity index (χ2v) is 5.70. The molecule has 1 aromatic heterocycles. The van der Waals surface area contributed by atoms with Gasteiger partial charge in [-0.3, -0.25) is 0 Å². The molecule has 3 nitrogen and oxygen atoms in total. The predicted molar refractivity (Wildman–Crippen MR) is 81.8 cm³/mol. The third-order valence-electron chi connectivity index (χ3n) is 4.24. The van der Waals surface area contributed by atoms with Gasteiger partial charge in [0.05, 0.1) is 0 Å². The van der Waals surface area contributed by atoms with Crippen molar-refractivity contribution < 1.29 is 0 Å². The molecule has 1 unspecified atom stereocenters. The number of fused-ring (bicyclic) bond motifs is 1. The average Bonchev–Trinajstić information content (AvgIpc) is 3.00. The van der Waals surface area contributed by atoms with Crippen molar-refractivity contribution >= 4 is 0 Å². The number of aryl methyl sites for hydroxylation is 2. The summed E-state index contributed by atoms with van der Waals surface area (Å²) < 4.78 is 0. The number of aromatic nitrogens is 2. The fourth-order valence-electron chi connectivity index (χ4n) is 2.98. The molecule has 1 heterocycles. The van der Waals surface area contributed by atoms with E-state index in [-0.39, 0.29) is 0 Å².